The summed E-state index contributed by atoms with van der Waals surface area (Å²) in [5.41, 5.74) is 2.70. The van der Waals surface area contributed by atoms with Crippen molar-refractivity contribution in [1.82, 2.24) is 9.55 Å². The van der Waals surface area contributed by atoms with E-state index in [0.29, 0.717) is 12.6 Å². The van der Waals surface area contributed by atoms with Crippen LogP contribution < -0.4 is 10.9 Å². The molecule has 0 N–H and O–H groups in total. The quantitative estimate of drug-likeness (QED) is 0.566. The minimum absolute atomic E-state index is 0.00704. The minimum Gasteiger partial charge on any atom is -0.350 e. The molecule has 1 saturated heterocycles. The summed E-state index contributed by atoms with van der Waals surface area (Å²) in [5, 5.41) is 0. The Balaban J connectivity index is 0.000000184. The van der Waals surface area contributed by atoms with Gasteiger partial charge in [0, 0.05) is 25.4 Å². The maximum absolute atomic E-state index is 5.30. The largest absolute Gasteiger partial charge is 0.350 e. The number of hydrogen-bond donors (Lipinski definition) is 0. The molecule has 0 aliphatic carbocycles. The highest BCUT2D eigenvalue weighted by Crippen LogP contribution is 2.08. The van der Waals surface area contributed by atoms with Crippen molar-refractivity contribution >= 4 is 17.6 Å². The number of aromatic nitrogens is 2. The van der Waals surface area contributed by atoms with Crippen LogP contribution in [0.15, 0.2) is 91.4 Å². The zero-order chi connectivity index (χ0) is 21.0. The SMILES string of the molecule is CC(C)C=CB(c1ccccc1)c1ccccc1.c1cn(CCC2OCCO2)cn1. The van der Waals surface area contributed by atoms with Crippen molar-refractivity contribution < 1.29 is 9.47 Å². The lowest BCUT2D eigenvalue weighted by Crippen LogP contribution is -2.40. The van der Waals surface area contributed by atoms with Crippen molar-refractivity contribution in [3.05, 3.63) is 91.4 Å². The number of nitrogens with zero attached hydrogens (tertiary/aromatic N) is 2. The monoisotopic (exact) mass is 402 g/mol. The lowest BCUT2D eigenvalue weighted by molar-refractivity contribution is -0.0490. The number of hydrogen-bond acceptors (Lipinski definition) is 3. The molecule has 1 aliphatic heterocycles. The first-order chi connectivity index (χ1) is 14.7. The fourth-order valence-electron chi connectivity index (χ4n) is 3.32. The molecule has 0 saturated carbocycles. The Morgan fingerprint density at radius 3 is 2.10 bits per heavy atom. The fraction of sp³-hybridized carbons (Fsp3) is 0.320. The van der Waals surface area contributed by atoms with E-state index in [1.165, 1.54) is 10.9 Å². The van der Waals surface area contributed by atoms with Gasteiger partial charge in [0.05, 0.1) is 19.5 Å². The number of imidazole rings is 1. The van der Waals surface area contributed by atoms with E-state index in [1.807, 2.05) is 10.8 Å². The highest BCUT2D eigenvalue weighted by molar-refractivity contribution is 6.89. The second-order valence-corrected chi connectivity index (χ2v) is 7.69. The molecule has 0 spiro atoms. The zero-order valence-corrected chi connectivity index (χ0v) is 17.9. The van der Waals surface area contributed by atoms with E-state index in [9.17, 15) is 0 Å². The summed E-state index contributed by atoms with van der Waals surface area (Å²) in [6.45, 7) is 7.15. The lowest BCUT2D eigenvalue weighted by Gasteiger charge is -2.10. The maximum atomic E-state index is 5.30. The molecule has 1 fully saturated rings. The van der Waals surface area contributed by atoms with E-state index >= 15 is 0 Å². The van der Waals surface area contributed by atoms with Crippen LogP contribution in [0.25, 0.3) is 0 Å². The van der Waals surface area contributed by atoms with Crippen LogP contribution >= 0.6 is 0 Å². The van der Waals surface area contributed by atoms with E-state index in [2.05, 4.69) is 91.5 Å². The van der Waals surface area contributed by atoms with Gasteiger partial charge in [0.1, 0.15) is 0 Å². The molecule has 30 heavy (non-hydrogen) atoms. The molecule has 4 rings (SSSR count). The molecule has 0 amide bonds. The molecular formula is C25H31BN2O2. The molecule has 0 atom stereocenters. The summed E-state index contributed by atoms with van der Waals surface area (Å²) < 4.78 is 12.6. The Kier molecular flexibility index (Phi) is 8.94. The molecule has 1 aliphatic rings. The van der Waals surface area contributed by atoms with Gasteiger partial charge in [0.25, 0.3) is 0 Å². The van der Waals surface area contributed by atoms with Crippen molar-refractivity contribution in [2.45, 2.75) is 33.1 Å². The second-order valence-electron chi connectivity index (χ2n) is 7.69. The highest BCUT2D eigenvalue weighted by Gasteiger charge is 2.15. The molecular weight excluding hydrogens is 371 g/mol. The van der Waals surface area contributed by atoms with Crippen molar-refractivity contribution in [2.24, 2.45) is 5.92 Å². The molecule has 2 aromatic carbocycles. The van der Waals surface area contributed by atoms with Crippen molar-refractivity contribution in [2.75, 3.05) is 13.2 Å². The standard InChI is InChI=1S/C17H19B.C8H12N2O2/c1-15(2)13-14-18(16-9-5-3-6-10-16)17-11-7-4-8-12-17;1(8-11-5-6-12-8)3-10-4-2-9-7-10/h3-15H,1-2H3;2,4,7-8H,1,3,5-6H2. The molecule has 4 nitrogen and oxygen atoms in total. The molecule has 0 radical (unpaired) electrons. The van der Waals surface area contributed by atoms with Gasteiger partial charge in [-0.15, -0.1) is 5.98 Å². The summed E-state index contributed by atoms with van der Waals surface area (Å²) in [4.78, 5) is 3.95. The molecule has 1 aromatic heterocycles. The third-order valence-corrected chi connectivity index (χ3v) is 4.88. The predicted molar refractivity (Wildman–Crippen MR) is 124 cm³/mol. The van der Waals surface area contributed by atoms with E-state index in [0.717, 1.165) is 26.2 Å². The average molecular weight is 402 g/mol. The fourth-order valence-corrected chi connectivity index (χ4v) is 3.32. The normalized spacial score (nSPS) is 14.1. The predicted octanol–water partition coefficient (Wildman–Crippen LogP) is 3.69. The van der Waals surface area contributed by atoms with E-state index in [-0.39, 0.29) is 6.29 Å². The third kappa shape index (κ3) is 7.32. The number of aryl methyl sites for hydroxylation is 1. The van der Waals surface area contributed by atoms with Crippen LogP contribution in [0.1, 0.15) is 20.3 Å². The Morgan fingerprint density at radius 1 is 1.00 bits per heavy atom. The van der Waals surface area contributed by atoms with E-state index < -0.39 is 0 Å². The number of benzene rings is 2. The third-order valence-electron chi connectivity index (χ3n) is 4.88. The van der Waals surface area contributed by atoms with Gasteiger partial charge in [-0.2, -0.15) is 0 Å². The van der Waals surface area contributed by atoms with Crippen molar-refractivity contribution in [1.29, 1.82) is 0 Å². The van der Waals surface area contributed by atoms with Gasteiger partial charge in [0.2, 0.25) is 6.71 Å². The number of rotatable bonds is 7. The Hall–Kier alpha value is -2.63. The topological polar surface area (TPSA) is 36.3 Å². The second kappa shape index (κ2) is 12.2. The van der Waals surface area contributed by atoms with Gasteiger partial charge < -0.3 is 14.0 Å². The molecule has 2 heterocycles. The van der Waals surface area contributed by atoms with Crippen LogP contribution in [0, 0.1) is 5.92 Å². The summed E-state index contributed by atoms with van der Waals surface area (Å²) in [6, 6.07) is 21.3. The zero-order valence-electron chi connectivity index (χ0n) is 17.9. The number of ether oxygens (including phenoxy) is 2. The maximum Gasteiger partial charge on any atom is 0.233 e. The minimum atomic E-state index is -0.00704. The van der Waals surface area contributed by atoms with Gasteiger partial charge in [-0.1, -0.05) is 91.5 Å². The van der Waals surface area contributed by atoms with Crippen LogP contribution in [0.4, 0.5) is 0 Å². The van der Waals surface area contributed by atoms with Crippen molar-refractivity contribution in [3.8, 4) is 0 Å². The van der Waals surface area contributed by atoms with Crippen LogP contribution in [0.3, 0.4) is 0 Å². The van der Waals surface area contributed by atoms with Crippen LogP contribution in [0.2, 0.25) is 0 Å². The summed E-state index contributed by atoms with van der Waals surface area (Å²) in [5.74, 6) is 2.90. The molecule has 5 heteroatoms. The van der Waals surface area contributed by atoms with Gasteiger partial charge in [0.15, 0.2) is 6.29 Å². The van der Waals surface area contributed by atoms with Crippen LogP contribution in [-0.2, 0) is 16.0 Å². The van der Waals surface area contributed by atoms with Gasteiger partial charge in [-0.3, -0.25) is 0 Å². The number of allylic oxidation sites excluding steroid dienone is 1. The highest BCUT2D eigenvalue weighted by atomic mass is 16.7. The van der Waals surface area contributed by atoms with E-state index in [4.69, 9.17) is 9.47 Å². The van der Waals surface area contributed by atoms with Crippen LogP contribution in [0.5, 0.6) is 0 Å². The molecule has 0 bridgehead atoms. The summed E-state index contributed by atoms with van der Waals surface area (Å²) >= 11 is 0. The van der Waals surface area contributed by atoms with Crippen LogP contribution in [-0.4, -0.2) is 35.8 Å². The molecule has 3 aromatic rings. The Morgan fingerprint density at radius 2 is 1.60 bits per heavy atom. The Bertz CT molecular complexity index is 806. The first-order valence-electron chi connectivity index (χ1n) is 10.7. The summed E-state index contributed by atoms with van der Waals surface area (Å²) in [7, 11) is 0. The van der Waals surface area contributed by atoms with Gasteiger partial charge >= 0.3 is 0 Å². The smallest absolute Gasteiger partial charge is 0.233 e. The first kappa shape index (κ1) is 22.1. The lowest BCUT2D eigenvalue weighted by atomic mass is 9.40. The molecule has 0 unspecified atom stereocenters. The molecule has 156 valence electrons. The van der Waals surface area contributed by atoms with E-state index in [1.54, 1.807) is 12.5 Å². The first-order valence-corrected chi connectivity index (χ1v) is 10.7. The average Bonchev–Trinajstić information content (AvgIpc) is 3.48. The van der Waals surface area contributed by atoms with Crippen molar-refractivity contribution in [3.63, 3.8) is 0 Å². The van der Waals surface area contributed by atoms with Gasteiger partial charge in [-0.05, 0) is 5.92 Å². The summed E-state index contributed by atoms with van der Waals surface area (Å²) in [6.07, 6.45) is 8.69. The van der Waals surface area contributed by atoms with Gasteiger partial charge in [-0.25, -0.2) is 4.98 Å². The Labute approximate surface area is 180 Å².